The van der Waals surface area contributed by atoms with Crippen molar-refractivity contribution in [2.75, 3.05) is 13.4 Å². The number of aromatic nitrogens is 1. The predicted molar refractivity (Wildman–Crippen MR) is 121 cm³/mol. The van der Waals surface area contributed by atoms with Crippen LogP contribution in [0.1, 0.15) is 44.6 Å². The van der Waals surface area contributed by atoms with Crippen LogP contribution in [0.4, 0.5) is 5.82 Å². The highest BCUT2D eigenvalue weighted by atomic mass is 16.7. The summed E-state index contributed by atoms with van der Waals surface area (Å²) in [5, 5.41) is 12.2. The van der Waals surface area contributed by atoms with Crippen molar-refractivity contribution < 1.29 is 18.8 Å². The van der Waals surface area contributed by atoms with E-state index in [4.69, 9.17) is 13.9 Å². The van der Waals surface area contributed by atoms with Crippen LogP contribution in [0.25, 0.3) is 23.1 Å². The summed E-state index contributed by atoms with van der Waals surface area (Å²) in [4.78, 5) is 14.9. The van der Waals surface area contributed by atoms with Crippen molar-refractivity contribution in [3.63, 3.8) is 0 Å². The Morgan fingerprint density at radius 3 is 2.65 bits per heavy atom. The van der Waals surface area contributed by atoms with Gasteiger partial charge < -0.3 is 24.0 Å². The highest BCUT2D eigenvalue weighted by Gasteiger charge is 2.21. The molecule has 3 aromatic rings. The average Bonchev–Trinajstić information content (AvgIpc) is 3.12. The third kappa shape index (κ3) is 5.79. The third-order valence-corrected chi connectivity index (χ3v) is 4.60. The summed E-state index contributed by atoms with van der Waals surface area (Å²) >= 11 is 0. The van der Waals surface area contributed by atoms with Crippen LogP contribution in [0.15, 0.2) is 53.1 Å². The van der Waals surface area contributed by atoms with Crippen LogP contribution in [-0.4, -0.2) is 23.3 Å². The first-order valence-electron chi connectivity index (χ1n) is 10.0. The molecule has 3 rings (SSSR count). The standard InChI is InChI=1S/C24H26N2O5/c1-5-29-16-30-20-10-11-22-18(13-20)14-21(31-22)9-7-6-8-17-12-19(24(2,3)4)15-25-23(17)26(27)28/h6-15H,5,16H2,1-4H3/b8-6+,9-7+. The molecular weight excluding hydrogens is 396 g/mol. The number of fused-ring (bicyclic) bond motifs is 1. The highest BCUT2D eigenvalue weighted by Crippen LogP contribution is 2.27. The average molecular weight is 422 g/mol. The first kappa shape index (κ1) is 22.2. The maximum Gasteiger partial charge on any atom is 0.370 e. The number of allylic oxidation sites excluding steroid dienone is 2. The van der Waals surface area contributed by atoms with E-state index in [9.17, 15) is 10.1 Å². The molecule has 0 unspecified atom stereocenters. The smallest absolute Gasteiger partial charge is 0.370 e. The third-order valence-electron chi connectivity index (χ3n) is 4.60. The van der Waals surface area contributed by atoms with Gasteiger partial charge >= 0.3 is 5.82 Å². The van der Waals surface area contributed by atoms with E-state index in [-0.39, 0.29) is 18.0 Å². The number of furan rings is 1. The molecule has 162 valence electrons. The lowest BCUT2D eigenvalue weighted by molar-refractivity contribution is -0.389. The van der Waals surface area contributed by atoms with Crippen molar-refractivity contribution in [2.24, 2.45) is 0 Å². The topological polar surface area (TPSA) is 87.6 Å². The van der Waals surface area contributed by atoms with Gasteiger partial charge in [0.05, 0.1) is 5.56 Å². The van der Waals surface area contributed by atoms with Crippen molar-refractivity contribution >= 4 is 28.9 Å². The Labute approximate surface area is 181 Å². The van der Waals surface area contributed by atoms with Gasteiger partial charge in [-0.2, -0.15) is 0 Å². The van der Waals surface area contributed by atoms with Crippen molar-refractivity contribution in [3.8, 4) is 5.75 Å². The maximum atomic E-state index is 11.3. The van der Waals surface area contributed by atoms with Crippen molar-refractivity contribution in [1.29, 1.82) is 0 Å². The zero-order valence-electron chi connectivity index (χ0n) is 18.1. The number of hydrogen-bond donors (Lipinski definition) is 0. The number of rotatable bonds is 8. The molecular formula is C24H26N2O5. The van der Waals surface area contributed by atoms with Gasteiger partial charge in [-0.15, -0.1) is 0 Å². The number of ether oxygens (including phenoxy) is 2. The summed E-state index contributed by atoms with van der Waals surface area (Å²) in [6, 6.07) is 9.26. The number of hydrogen-bond acceptors (Lipinski definition) is 6. The van der Waals surface area contributed by atoms with Crippen LogP contribution in [0, 0.1) is 10.1 Å². The largest absolute Gasteiger partial charge is 0.468 e. The van der Waals surface area contributed by atoms with E-state index in [0.29, 0.717) is 23.7 Å². The van der Waals surface area contributed by atoms with E-state index in [1.165, 1.54) is 0 Å². The van der Waals surface area contributed by atoms with Gasteiger partial charge in [-0.1, -0.05) is 32.9 Å². The van der Waals surface area contributed by atoms with Gasteiger partial charge in [0.25, 0.3) is 0 Å². The first-order chi connectivity index (χ1) is 14.8. The quantitative estimate of drug-likeness (QED) is 0.143. The summed E-state index contributed by atoms with van der Waals surface area (Å²) in [5.74, 6) is 1.20. The second-order valence-corrected chi connectivity index (χ2v) is 7.97. The van der Waals surface area contributed by atoms with E-state index in [1.54, 1.807) is 36.6 Å². The Bertz CT molecular complexity index is 1120. The summed E-state index contributed by atoms with van der Waals surface area (Å²) in [6.07, 6.45) is 8.55. The summed E-state index contributed by atoms with van der Waals surface area (Å²) in [5.41, 5.74) is 1.98. The van der Waals surface area contributed by atoms with Crippen LogP contribution in [0.3, 0.4) is 0 Å². The second-order valence-electron chi connectivity index (χ2n) is 7.97. The fourth-order valence-electron chi connectivity index (χ4n) is 2.88. The van der Waals surface area contributed by atoms with Crippen LogP contribution in [-0.2, 0) is 10.2 Å². The Morgan fingerprint density at radius 2 is 1.94 bits per heavy atom. The molecule has 7 nitrogen and oxygen atoms in total. The minimum atomic E-state index is -0.472. The zero-order chi connectivity index (χ0) is 22.4. The maximum absolute atomic E-state index is 11.3. The monoisotopic (exact) mass is 422 g/mol. The van der Waals surface area contributed by atoms with E-state index >= 15 is 0 Å². The molecule has 0 aliphatic carbocycles. The van der Waals surface area contributed by atoms with Gasteiger partial charge in [-0.25, -0.2) is 0 Å². The summed E-state index contributed by atoms with van der Waals surface area (Å²) in [7, 11) is 0. The fraction of sp³-hybridized carbons (Fsp3) is 0.292. The minimum Gasteiger partial charge on any atom is -0.468 e. The molecule has 0 N–H and O–H groups in total. The molecule has 0 atom stereocenters. The summed E-state index contributed by atoms with van der Waals surface area (Å²) < 4.78 is 16.5. The van der Waals surface area contributed by atoms with Gasteiger partial charge in [0.2, 0.25) is 0 Å². The van der Waals surface area contributed by atoms with Crippen molar-refractivity contribution in [2.45, 2.75) is 33.1 Å². The molecule has 0 spiro atoms. The molecule has 7 heteroatoms. The number of nitrogens with zero attached hydrogens (tertiary/aromatic N) is 2. The predicted octanol–water partition coefficient (Wildman–Crippen LogP) is 6.13. The molecule has 0 fully saturated rings. The van der Waals surface area contributed by atoms with E-state index < -0.39 is 4.92 Å². The van der Waals surface area contributed by atoms with Crippen LogP contribution in [0.2, 0.25) is 0 Å². The molecule has 0 saturated heterocycles. The van der Waals surface area contributed by atoms with Gasteiger partial charge in [-0.3, -0.25) is 0 Å². The van der Waals surface area contributed by atoms with E-state index in [0.717, 1.165) is 16.5 Å². The van der Waals surface area contributed by atoms with Crippen molar-refractivity contribution in [3.05, 3.63) is 75.7 Å². The minimum absolute atomic E-state index is 0.153. The van der Waals surface area contributed by atoms with Crippen LogP contribution in [0.5, 0.6) is 5.75 Å². The molecule has 0 aliphatic heterocycles. The molecule has 0 saturated carbocycles. The lowest BCUT2D eigenvalue weighted by atomic mass is 9.87. The first-order valence-corrected chi connectivity index (χ1v) is 10.0. The fourth-order valence-corrected chi connectivity index (χ4v) is 2.88. The van der Waals surface area contributed by atoms with Gasteiger partial charge in [0.15, 0.2) is 6.79 Å². The molecule has 2 heterocycles. The SMILES string of the molecule is CCOCOc1ccc2oc(/C=C/C=C/c3cc(C(C)(C)C)cnc3[N+](=O)[O-])cc2c1. The normalized spacial score (nSPS) is 12.3. The lowest BCUT2D eigenvalue weighted by Crippen LogP contribution is -2.12. The summed E-state index contributed by atoms with van der Waals surface area (Å²) in [6.45, 7) is 8.82. The Balaban J connectivity index is 1.76. The molecule has 0 amide bonds. The molecule has 2 aromatic heterocycles. The second kappa shape index (κ2) is 9.57. The molecule has 0 radical (unpaired) electrons. The van der Waals surface area contributed by atoms with Crippen molar-refractivity contribution in [1.82, 2.24) is 4.98 Å². The molecule has 1 aromatic carbocycles. The molecule has 0 aliphatic rings. The van der Waals surface area contributed by atoms with E-state index in [1.807, 2.05) is 52.0 Å². The Hall–Kier alpha value is -3.45. The Kier molecular flexibility index (Phi) is 6.87. The van der Waals surface area contributed by atoms with E-state index in [2.05, 4.69) is 4.98 Å². The van der Waals surface area contributed by atoms with Crippen LogP contribution < -0.4 is 4.74 Å². The number of benzene rings is 1. The number of nitro groups is 1. The lowest BCUT2D eigenvalue weighted by Gasteiger charge is -2.17. The van der Waals surface area contributed by atoms with Crippen LogP contribution >= 0.6 is 0 Å². The molecule has 0 bridgehead atoms. The van der Waals surface area contributed by atoms with Gasteiger partial charge in [-0.05, 0) is 64.7 Å². The zero-order valence-corrected chi connectivity index (χ0v) is 18.1. The highest BCUT2D eigenvalue weighted by molar-refractivity contribution is 5.81. The van der Waals surface area contributed by atoms with Gasteiger partial charge in [0.1, 0.15) is 23.3 Å². The number of pyridine rings is 1. The Morgan fingerprint density at radius 1 is 1.16 bits per heavy atom. The van der Waals surface area contributed by atoms with Gasteiger partial charge in [0, 0.05) is 17.6 Å². The molecule has 31 heavy (non-hydrogen) atoms.